The van der Waals surface area contributed by atoms with Crippen molar-refractivity contribution in [2.75, 3.05) is 11.9 Å². The van der Waals surface area contributed by atoms with Gasteiger partial charge in [0.05, 0.1) is 22.5 Å². The van der Waals surface area contributed by atoms with Crippen molar-refractivity contribution in [1.82, 2.24) is 4.90 Å². The fraction of sp³-hybridized carbons (Fsp3) is 0.148. The second-order valence-corrected chi connectivity index (χ2v) is 11.8. The molecule has 1 fully saturated rings. The van der Waals surface area contributed by atoms with Gasteiger partial charge in [0.1, 0.15) is 10.7 Å². The highest BCUT2D eigenvalue weighted by molar-refractivity contribution is 9.10. The molecule has 1 heterocycles. The molecule has 0 spiro atoms. The van der Waals surface area contributed by atoms with Crippen molar-refractivity contribution in [1.29, 1.82) is 0 Å². The largest absolute Gasteiger partial charge is 0.490 e. The molecule has 1 aliphatic heterocycles. The van der Waals surface area contributed by atoms with Gasteiger partial charge in [0, 0.05) is 18.2 Å². The van der Waals surface area contributed by atoms with Gasteiger partial charge < -0.3 is 14.2 Å². The Bertz CT molecular complexity index is 1630. The monoisotopic (exact) mass is 648 g/mol. The number of nitrogens with zero attached hydrogens (tertiary/aromatic N) is 1. The van der Waals surface area contributed by atoms with Crippen LogP contribution in [0.2, 0.25) is 0 Å². The Morgan fingerprint density at radius 3 is 2.48 bits per heavy atom. The molecule has 1 aliphatic rings. The SMILES string of the molecule is CCOc1cc(/C=C2\SC(=O)N(Cc3ccccc3F)C2=O)cc(Br)c1OS(=O)(=O)c1ccc(NC(C)=O)cc1. The minimum Gasteiger partial charge on any atom is -0.490 e. The summed E-state index contributed by atoms with van der Waals surface area (Å²) >= 11 is 4.03. The van der Waals surface area contributed by atoms with Gasteiger partial charge in [-0.1, -0.05) is 18.2 Å². The van der Waals surface area contributed by atoms with Gasteiger partial charge in [-0.3, -0.25) is 19.3 Å². The molecule has 1 N–H and O–H groups in total. The quantitative estimate of drug-likeness (QED) is 0.223. The maximum absolute atomic E-state index is 14.1. The zero-order chi connectivity index (χ0) is 29.0. The summed E-state index contributed by atoms with van der Waals surface area (Å²) in [5.74, 6) is -1.44. The second-order valence-electron chi connectivity index (χ2n) is 8.37. The molecule has 0 unspecified atom stereocenters. The summed E-state index contributed by atoms with van der Waals surface area (Å²) in [6, 6.07) is 14.3. The van der Waals surface area contributed by atoms with Crippen LogP contribution in [0.4, 0.5) is 14.9 Å². The maximum atomic E-state index is 14.1. The molecule has 4 rings (SSSR count). The number of imide groups is 1. The molecule has 0 aromatic heterocycles. The number of thioether (sulfide) groups is 1. The van der Waals surface area contributed by atoms with Gasteiger partial charge in [-0.15, -0.1) is 0 Å². The van der Waals surface area contributed by atoms with E-state index in [-0.39, 0.29) is 50.4 Å². The number of hydrogen-bond donors (Lipinski definition) is 1. The molecule has 0 aliphatic carbocycles. The molecule has 0 atom stereocenters. The highest BCUT2D eigenvalue weighted by Crippen LogP contribution is 2.41. The number of carbonyl (C=O) groups is 3. The first kappa shape index (κ1) is 29.3. The van der Waals surface area contributed by atoms with E-state index in [1.165, 1.54) is 67.6 Å². The number of nitrogens with one attached hydrogen (secondary N) is 1. The van der Waals surface area contributed by atoms with Crippen molar-refractivity contribution in [3.63, 3.8) is 0 Å². The number of carbonyl (C=O) groups excluding carboxylic acids is 3. The van der Waals surface area contributed by atoms with Crippen LogP contribution >= 0.6 is 27.7 Å². The third-order valence-corrected chi connectivity index (χ3v) is 8.18. The fourth-order valence-corrected chi connectivity index (χ4v) is 6.11. The standard InChI is InChI=1S/C27H22BrFN2O7S2/c1-3-37-23-13-17(14-24-26(33)31(27(34)39-24)15-18-6-4-5-7-22(18)29)12-21(28)25(23)38-40(35,36)20-10-8-19(9-11-20)30-16(2)32/h4-14H,3,15H2,1-2H3,(H,30,32)/b24-14-. The third-order valence-electron chi connectivity index (χ3n) is 5.45. The van der Waals surface area contributed by atoms with Gasteiger partial charge in [-0.05, 0) is 88.7 Å². The van der Waals surface area contributed by atoms with Crippen molar-refractivity contribution in [3.8, 4) is 11.5 Å². The normalized spacial score (nSPS) is 14.5. The second kappa shape index (κ2) is 12.2. The maximum Gasteiger partial charge on any atom is 0.339 e. The molecule has 208 valence electrons. The lowest BCUT2D eigenvalue weighted by molar-refractivity contribution is -0.123. The van der Waals surface area contributed by atoms with E-state index in [0.29, 0.717) is 23.0 Å². The lowest BCUT2D eigenvalue weighted by Gasteiger charge is -2.15. The van der Waals surface area contributed by atoms with Crippen molar-refractivity contribution in [2.45, 2.75) is 25.3 Å². The summed E-state index contributed by atoms with van der Waals surface area (Å²) < 4.78 is 51.3. The third kappa shape index (κ3) is 6.72. The minimum atomic E-state index is -4.29. The van der Waals surface area contributed by atoms with E-state index in [2.05, 4.69) is 21.2 Å². The lowest BCUT2D eigenvalue weighted by Crippen LogP contribution is -2.27. The molecule has 0 radical (unpaired) electrons. The molecule has 9 nitrogen and oxygen atoms in total. The average molecular weight is 650 g/mol. The molecule has 0 bridgehead atoms. The molecule has 1 saturated heterocycles. The van der Waals surface area contributed by atoms with Crippen LogP contribution in [-0.4, -0.2) is 37.0 Å². The van der Waals surface area contributed by atoms with Crippen molar-refractivity contribution in [2.24, 2.45) is 0 Å². The Labute approximate surface area is 242 Å². The van der Waals surface area contributed by atoms with Crippen LogP contribution in [0.15, 0.2) is 74.9 Å². The molecule has 0 saturated carbocycles. The van der Waals surface area contributed by atoms with E-state index in [4.69, 9.17) is 8.92 Å². The number of rotatable bonds is 9. The predicted molar refractivity (Wildman–Crippen MR) is 152 cm³/mol. The first-order chi connectivity index (χ1) is 19.0. The molecule has 40 heavy (non-hydrogen) atoms. The number of hydrogen-bond acceptors (Lipinski definition) is 8. The van der Waals surface area contributed by atoms with Crippen molar-refractivity contribution in [3.05, 3.63) is 87.0 Å². The van der Waals surface area contributed by atoms with Gasteiger partial charge in [0.25, 0.3) is 11.1 Å². The van der Waals surface area contributed by atoms with E-state index >= 15 is 0 Å². The van der Waals surface area contributed by atoms with Crippen LogP contribution in [0.3, 0.4) is 0 Å². The number of ether oxygens (including phenoxy) is 1. The average Bonchev–Trinajstić information content (AvgIpc) is 3.15. The summed E-state index contributed by atoms with van der Waals surface area (Å²) in [5.41, 5.74) is 1.06. The van der Waals surface area contributed by atoms with Gasteiger partial charge >= 0.3 is 10.1 Å². The highest BCUT2D eigenvalue weighted by Gasteiger charge is 2.35. The van der Waals surface area contributed by atoms with Gasteiger partial charge in [-0.25, -0.2) is 4.39 Å². The van der Waals surface area contributed by atoms with Crippen LogP contribution in [0.5, 0.6) is 11.5 Å². The summed E-state index contributed by atoms with van der Waals surface area (Å²) in [6.07, 6.45) is 1.46. The van der Waals surface area contributed by atoms with Crippen LogP contribution < -0.4 is 14.2 Å². The summed E-state index contributed by atoms with van der Waals surface area (Å²) in [5, 5.41) is 2.01. The first-order valence-corrected chi connectivity index (χ1v) is 14.8. The van der Waals surface area contributed by atoms with E-state index in [9.17, 15) is 27.2 Å². The number of amides is 3. The molecular formula is C27H22BrFN2O7S2. The van der Waals surface area contributed by atoms with Crippen molar-refractivity contribution < 1.29 is 36.1 Å². The first-order valence-electron chi connectivity index (χ1n) is 11.8. The van der Waals surface area contributed by atoms with Gasteiger partial charge in [-0.2, -0.15) is 8.42 Å². The Hall–Kier alpha value is -3.68. The van der Waals surface area contributed by atoms with E-state index < -0.39 is 27.1 Å². The summed E-state index contributed by atoms with van der Waals surface area (Å²) in [7, 11) is -4.29. The Balaban J connectivity index is 1.60. The Kier molecular flexibility index (Phi) is 8.96. The molecule has 3 aromatic carbocycles. The smallest absolute Gasteiger partial charge is 0.339 e. The zero-order valence-corrected chi connectivity index (χ0v) is 24.4. The Morgan fingerprint density at radius 1 is 1.12 bits per heavy atom. The van der Waals surface area contributed by atoms with Gasteiger partial charge in [0.2, 0.25) is 5.91 Å². The van der Waals surface area contributed by atoms with Crippen LogP contribution in [0, 0.1) is 5.82 Å². The fourth-order valence-electron chi connectivity index (χ4n) is 3.67. The van der Waals surface area contributed by atoms with E-state index in [1.54, 1.807) is 13.0 Å². The topological polar surface area (TPSA) is 119 Å². The highest BCUT2D eigenvalue weighted by atomic mass is 79.9. The number of anilines is 1. The minimum absolute atomic E-state index is 0.0761. The molecule has 3 amide bonds. The van der Waals surface area contributed by atoms with E-state index in [1.807, 2.05) is 0 Å². The van der Waals surface area contributed by atoms with Crippen LogP contribution in [0.25, 0.3) is 6.08 Å². The van der Waals surface area contributed by atoms with Gasteiger partial charge in [0.15, 0.2) is 11.5 Å². The zero-order valence-electron chi connectivity index (χ0n) is 21.1. The molecule has 13 heteroatoms. The van der Waals surface area contributed by atoms with Crippen LogP contribution in [0.1, 0.15) is 25.0 Å². The number of halogens is 2. The van der Waals surface area contributed by atoms with E-state index in [0.717, 1.165) is 4.90 Å². The van der Waals surface area contributed by atoms with Crippen LogP contribution in [-0.2, 0) is 26.3 Å². The summed E-state index contributed by atoms with van der Waals surface area (Å²) in [4.78, 5) is 37.6. The lowest BCUT2D eigenvalue weighted by atomic mass is 10.1. The molecular weight excluding hydrogens is 627 g/mol. The Morgan fingerprint density at radius 2 is 1.82 bits per heavy atom. The summed E-state index contributed by atoms with van der Waals surface area (Å²) in [6.45, 7) is 3.00. The predicted octanol–water partition coefficient (Wildman–Crippen LogP) is 5.95. The van der Waals surface area contributed by atoms with Crippen molar-refractivity contribution >= 4 is 66.6 Å². The molecule has 3 aromatic rings. The number of benzene rings is 3.